The molecule has 0 N–H and O–H groups in total. The van der Waals surface area contributed by atoms with Gasteiger partial charge in [-0.15, -0.1) is 0 Å². The van der Waals surface area contributed by atoms with Gasteiger partial charge in [0.25, 0.3) is 0 Å². The number of hydrogen-bond donors (Lipinski definition) is 0. The molecular formula is C10H8F2N2. The van der Waals surface area contributed by atoms with Crippen molar-refractivity contribution in [3.8, 4) is 5.69 Å². The minimum absolute atomic E-state index is 0.132. The molecule has 2 aromatic rings. The summed E-state index contributed by atoms with van der Waals surface area (Å²) < 4.78 is 27.6. The lowest BCUT2D eigenvalue weighted by atomic mass is 10.2. The summed E-state index contributed by atoms with van der Waals surface area (Å²) in [5.41, 5.74) is 0.793. The molecule has 0 saturated carbocycles. The maximum Gasteiger partial charge on any atom is 0.184 e. The van der Waals surface area contributed by atoms with Gasteiger partial charge in [0.05, 0.1) is 0 Å². The average Bonchev–Trinajstić information content (AvgIpc) is 2.63. The van der Waals surface area contributed by atoms with Gasteiger partial charge in [-0.05, 0) is 30.7 Å². The highest BCUT2D eigenvalue weighted by Gasteiger charge is 2.10. The van der Waals surface area contributed by atoms with Gasteiger partial charge >= 0.3 is 0 Å². The molecular weight excluding hydrogens is 186 g/mol. The zero-order valence-corrected chi connectivity index (χ0v) is 7.54. The van der Waals surface area contributed by atoms with Crippen LogP contribution in [0.1, 0.15) is 5.56 Å². The summed E-state index contributed by atoms with van der Waals surface area (Å²) in [6, 6.07) is 4.35. The van der Waals surface area contributed by atoms with Crippen molar-refractivity contribution in [1.29, 1.82) is 0 Å². The van der Waals surface area contributed by atoms with Crippen LogP contribution in [0, 0.1) is 18.6 Å². The first-order valence-electron chi connectivity index (χ1n) is 4.14. The molecule has 0 unspecified atom stereocenters. The Labute approximate surface area is 79.8 Å². The highest BCUT2D eigenvalue weighted by molar-refractivity contribution is 5.37. The number of nitrogens with zero attached hydrogens (tertiary/aromatic N) is 2. The Bertz CT molecular complexity index is 449. The molecule has 0 aliphatic rings. The van der Waals surface area contributed by atoms with E-state index in [-0.39, 0.29) is 5.69 Å². The molecule has 2 rings (SSSR count). The van der Waals surface area contributed by atoms with Gasteiger partial charge in [-0.25, -0.2) is 13.5 Å². The van der Waals surface area contributed by atoms with Crippen LogP contribution in [0.2, 0.25) is 0 Å². The Morgan fingerprint density at radius 3 is 2.71 bits per heavy atom. The summed E-state index contributed by atoms with van der Waals surface area (Å²) in [5, 5.41) is 3.84. The SMILES string of the molecule is Cc1cc(F)c(F)c(-n2cccn2)c1. The van der Waals surface area contributed by atoms with Gasteiger partial charge < -0.3 is 0 Å². The fraction of sp³-hybridized carbons (Fsp3) is 0.100. The van der Waals surface area contributed by atoms with Crippen LogP contribution in [0.5, 0.6) is 0 Å². The van der Waals surface area contributed by atoms with E-state index in [0.717, 1.165) is 6.07 Å². The number of hydrogen-bond acceptors (Lipinski definition) is 1. The first kappa shape index (κ1) is 8.87. The third-order valence-electron chi connectivity index (χ3n) is 1.90. The molecule has 2 nitrogen and oxygen atoms in total. The van der Waals surface area contributed by atoms with Crippen molar-refractivity contribution in [3.63, 3.8) is 0 Å². The summed E-state index contributed by atoms with van der Waals surface area (Å²) in [5.74, 6) is -1.73. The predicted octanol–water partition coefficient (Wildman–Crippen LogP) is 2.46. The molecule has 0 aliphatic heterocycles. The minimum atomic E-state index is -0.876. The van der Waals surface area contributed by atoms with Gasteiger partial charge in [-0.2, -0.15) is 5.10 Å². The van der Waals surface area contributed by atoms with Gasteiger partial charge in [0.2, 0.25) is 0 Å². The smallest absolute Gasteiger partial charge is 0.184 e. The van der Waals surface area contributed by atoms with Crippen LogP contribution in [-0.4, -0.2) is 9.78 Å². The van der Waals surface area contributed by atoms with Crippen LogP contribution < -0.4 is 0 Å². The van der Waals surface area contributed by atoms with Crippen LogP contribution in [0.25, 0.3) is 5.69 Å². The molecule has 72 valence electrons. The Morgan fingerprint density at radius 1 is 1.29 bits per heavy atom. The first-order chi connectivity index (χ1) is 6.68. The standard InChI is InChI=1S/C10H8F2N2/c1-7-5-8(11)10(12)9(6-7)14-4-2-3-13-14/h2-6H,1H3. The molecule has 14 heavy (non-hydrogen) atoms. The van der Waals surface area contributed by atoms with Crippen LogP contribution >= 0.6 is 0 Å². The highest BCUT2D eigenvalue weighted by Crippen LogP contribution is 2.17. The van der Waals surface area contributed by atoms with E-state index in [1.807, 2.05) is 0 Å². The van der Waals surface area contributed by atoms with Crippen molar-refractivity contribution >= 4 is 0 Å². The number of aromatic nitrogens is 2. The van der Waals surface area contributed by atoms with E-state index < -0.39 is 11.6 Å². The fourth-order valence-corrected chi connectivity index (χ4v) is 1.28. The van der Waals surface area contributed by atoms with Gasteiger partial charge in [-0.3, -0.25) is 0 Å². The summed E-state index contributed by atoms with van der Waals surface area (Å²) in [6.07, 6.45) is 3.08. The molecule has 0 spiro atoms. The van der Waals surface area contributed by atoms with E-state index in [9.17, 15) is 8.78 Å². The molecule has 1 heterocycles. The quantitative estimate of drug-likeness (QED) is 0.681. The summed E-state index contributed by atoms with van der Waals surface area (Å²) in [4.78, 5) is 0. The first-order valence-corrected chi connectivity index (χ1v) is 4.14. The van der Waals surface area contributed by atoms with E-state index in [1.165, 1.54) is 10.9 Å². The highest BCUT2D eigenvalue weighted by atomic mass is 19.2. The van der Waals surface area contributed by atoms with Gasteiger partial charge in [-0.1, -0.05) is 0 Å². The second-order valence-corrected chi connectivity index (χ2v) is 3.03. The number of benzene rings is 1. The molecule has 0 bridgehead atoms. The second-order valence-electron chi connectivity index (χ2n) is 3.03. The third kappa shape index (κ3) is 1.39. The topological polar surface area (TPSA) is 17.8 Å². The Morgan fingerprint density at radius 2 is 2.07 bits per heavy atom. The Kier molecular flexibility index (Phi) is 2.04. The van der Waals surface area contributed by atoms with Gasteiger partial charge in [0.15, 0.2) is 11.6 Å². The van der Waals surface area contributed by atoms with Crippen molar-refractivity contribution in [3.05, 3.63) is 47.8 Å². The molecule has 0 fully saturated rings. The lowest BCUT2D eigenvalue weighted by Gasteiger charge is -2.05. The van der Waals surface area contributed by atoms with Crippen molar-refractivity contribution < 1.29 is 8.78 Å². The van der Waals surface area contributed by atoms with Crippen molar-refractivity contribution in [2.24, 2.45) is 0 Å². The van der Waals surface area contributed by atoms with E-state index in [0.29, 0.717) is 5.56 Å². The van der Waals surface area contributed by atoms with Crippen LogP contribution in [-0.2, 0) is 0 Å². The summed E-state index contributed by atoms with van der Waals surface area (Å²) in [6.45, 7) is 1.70. The Hall–Kier alpha value is -1.71. The number of rotatable bonds is 1. The lowest BCUT2D eigenvalue weighted by molar-refractivity contribution is 0.500. The zero-order valence-electron chi connectivity index (χ0n) is 7.54. The molecule has 4 heteroatoms. The maximum atomic E-state index is 13.3. The number of aryl methyl sites for hydroxylation is 1. The molecule has 1 aromatic carbocycles. The van der Waals surface area contributed by atoms with Gasteiger partial charge in [0, 0.05) is 12.4 Å². The van der Waals surface area contributed by atoms with Crippen LogP contribution in [0.3, 0.4) is 0 Å². The van der Waals surface area contributed by atoms with E-state index in [2.05, 4.69) is 5.10 Å². The molecule has 0 radical (unpaired) electrons. The third-order valence-corrected chi connectivity index (χ3v) is 1.90. The number of halogens is 2. The summed E-state index contributed by atoms with van der Waals surface area (Å²) >= 11 is 0. The van der Waals surface area contributed by atoms with Crippen LogP contribution in [0.4, 0.5) is 8.78 Å². The summed E-state index contributed by atoms with van der Waals surface area (Å²) in [7, 11) is 0. The monoisotopic (exact) mass is 194 g/mol. The van der Waals surface area contributed by atoms with Crippen molar-refractivity contribution in [2.45, 2.75) is 6.92 Å². The largest absolute Gasteiger partial charge is 0.238 e. The predicted molar refractivity (Wildman–Crippen MR) is 48.2 cm³/mol. The van der Waals surface area contributed by atoms with E-state index >= 15 is 0 Å². The lowest BCUT2D eigenvalue weighted by Crippen LogP contribution is -2.01. The average molecular weight is 194 g/mol. The molecule has 1 aromatic heterocycles. The minimum Gasteiger partial charge on any atom is -0.238 e. The van der Waals surface area contributed by atoms with Crippen molar-refractivity contribution in [1.82, 2.24) is 9.78 Å². The van der Waals surface area contributed by atoms with E-state index in [4.69, 9.17) is 0 Å². The van der Waals surface area contributed by atoms with Crippen molar-refractivity contribution in [2.75, 3.05) is 0 Å². The fourth-order valence-electron chi connectivity index (χ4n) is 1.28. The normalized spacial score (nSPS) is 10.5. The molecule has 0 atom stereocenters. The zero-order chi connectivity index (χ0) is 10.1. The molecule has 0 saturated heterocycles. The van der Waals surface area contributed by atoms with Crippen LogP contribution in [0.15, 0.2) is 30.6 Å². The van der Waals surface area contributed by atoms with Gasteiger partial charge in [0.1, 0.15) is 5.69 Å². The second kappa shape index (κ2) is 3.21. The molecule has 0 amide bonds. The maximum absolute atomic E-state index is 13.3. The Balaban J connectivity index is 2.64. The molecule has 0 aliphatic carbocycles. The van der Waals surface area contributed by atoms with E-state index in [1.54, 1.807) is 25.3 Å².